The standard InChI is InChI=1S/C24H29N/c1-6-7-12-22(25)24-20-11-9-8-10-19(20)13-14-21(24)23-17(4)15(2)16(3)18(23)5/h8-11,13-14,23,25H,6-7,12H2,1-5H3. The highest BCUT2D eigenvalue weighted by molar-refractivity contribution is 6.11. The molecular formula is C24H29N. The molecule has 1 nitrogen and oxygen atoms in total. The number of fused-ring (bicyclic) bond motifs is 1. The van der Waals surface area contributed by atoms with Crippen LogP contribution in [0.2, 0.25) is 0 Å². The molecule has 0 heterocycles. The number of hydrogen-bond acceptors (Lipinski definition) is 1. The van der Waals surface area contributed by atoms with Gasteiger partial charge in [-0.2, -0.15) is 0 Å². The first kappa shape index (κ1) is 17.7. The summed E-state index contributed by atoms with van der Waals surface area (Å²) in [6.07, 6.45) is 3.06. The van der Waals surface area contributed by atoms with Crippen LogP contribution in [0.15, 0.2) is 58.7 Å². The first-order chi connectivity index (χ1) is 12.0. The van der Waals surface area contributed by atoms with Gasteiger partial charge in [0, 0.05) is 17.2 Å². The largest absolute Gasteiger partial charge is 0.305 e. The molecule has 1 N–H and O–H groups in total. The van der Waals surface area contributed by atoms with Crippen LogP contribution >= 0.6 is 0 Å². The number of hydrogen-bond donors (Lipinski definition) is 1. The molecule has 130 valence electrons. The molecule has 0 aliphatic heterocycles. The summed E-state index contributed by atoms with van der Waals surface area (Å²) < 4.78 is 0. The van der Waals surface area contributed by atoms with Crippen molar-refractivity contribution in [3.05, 3.63) is 69.8 Å². The van der Waals surface area contributed by atoms with Crippen LogP contribution in [0.4, 0.5) is 0 Å². The third-order valence-corrected chi connectivity index (χ3v) is 5.97. The predicted octanol–water partition coefficient (Wildman–Crippen LogP) is 7.17. The van der Waals surface area contributed by atoms with Gasteiger partial charge in [-0.1, -0.05) is 60.9 Å². The maximum Gasteiger partial charge on any atom is 0.0395 e. The van der Waals surface area contributed by atoms with E-state index in [1.54, 1.807) is 0 Å². The van der Waals surface area contributed by atoms with Crippen molar-refractivity contribution in [3.63, 3.8) is 0 Å². The molecule has 0 unspecified atom stereocenters. The minimum absolute atomic E-state index is 0.321. The molecule has 0 aromatic heterocycles. The van der Waals surface area contributed by atoms with Crippen LogP contribution in [-0.2, 0) is 0 Å². The van der Waals surface area contributed by atoms with Crippen molar-refractivity contribution in [2.75, 3.05) is 0 Å². The molecule has 0 fully saturated rings. The Labute approximate surface area is 152 Å². The maximum atomic E-state index is 8.82. The molecule has 0 spiro atoms. The van der Waals surface area contributed by atoms with Gasteiger partial charge in [0.05, 0.1) is 0 Å². The number of rotatable bonds is 5. The second-order valence-corrected chi connectivity index (χ2v) is 7.38. The van der Waals surface area contributed by atoms with Crippen molar-refractivity contribution >= 4 is 16.5 Å². The van der Waals surface area contributed by atoms with Gasteiger partial charge in [-0.15, -0.1) is 0 Å². The maximum absolute atomic E-state index is 8.82. The Hall–Kier alpha value is -2.15. The Morgan fingerprint density at radius 3 is 2.20 bits per heavy atom. The second kappa shape index (κ2) is 7.00. The van der Waals surface area contributed by atoms with Gasteiger partial charge < -0.3 is 5.41 Å². The van der Waals surface area contributed by atoms with E-state index < -0.39 is 0 Å². The van der Waals surface area contributed by atoms with Gasteiger partial charge in [-0.05, 0) is 68.0 Å². The third kappa shape index (κ3) is 2.97. The lowest BCUT2D eigenvalue weighted by molar-refractivity contribution is 0.831. The van der Waals surface area contributed by atoms with E-state index in [0.29, 0.717) is 5.92 Å². The first-order valence-corrected chi connectivity index (χ1v) is 9.41. The van der Waals surface area contributed by atoms with Crippen LogP contribution in [0.25, 0.3) is 10.8 Å². The van der Waals surface area contributed by atoms with E-state index in [9.17, 15) is 0 Å². The Balaban J connectivity index is 2.24. The summed E-state index contributed by atoms with van der Waals surface area (Å²) in [7, 11) is 0. The summed E-state index contributed by atoms with van der Waals surface area (Å²) in [5.41, 5.74) is 8.98. The van der Waals surface area contributed by atoms with Gasteiger partial charge in [0.2, 0.25) is 0 Å². The molecule has 2 aromatic carbocycles. The van der Waals surface area contributed by atoms with Gasteiger partial charge in [0.15, 0.2) is 0 Å². The summed E-state index contributed by atoms with van der Waals surface area (Å²) >= 11 is 0. The van der Waals surface area contributed by atoms with E-state index in [0.717, 1.165) is 30.5 Å². The summed E-state index contributed by atoms with van der Waals surface area (Å²) in [4.78, 5) is 0. The first-order valence-electron chi connectivity index (χ1n) is 9.41. The number of unbranched alkanes of at least 4 members (excludes halogenated alkanes) is 1. The van der Waals surface area contributed by atoms with Crippen molar-refractivity contribution in [2.45, 2.75) is 59.8 Å². The van der Waals surface area contributed by atoms with Crippen LogP contribution in [0.5, 0.6) is 0 Å². The Morgan fingerprint density at radius 1 is 0.920 bits per heavy atom. The van der Waals surface area contributed by atoms with Gasteiger partial charge in [0.1, 0.15) is 0 Å². The Kier molecular flexibility index (Phi) is 4.94. The average Bonchev–Trinajstić information content (AvgIpc) is 2.82. The monoisotopic (exact) mass is 331 g/mol. The van der Waals surface area contributed by atoms with E-state index in [1.807, 2.05) is 0 Å². The molecule has 0 amide bonds. The van der Waals surface area contributed by atoms with Gasteiger partial charge in [-0.3, -0.25) is 0 Å². The van der Waals surface area contributed by atoms with E-state index in [1.165, 1.54) is 38.6 Å². The molecule has 3 rings (SSSR count). The van der Waals surface area contributed by atoms with Crippen molar-refractivity contribution in [1.82, 2.24) is 0 Å². The molecular weight excluding hydrogens is 302 g/mol. The van der Waals surface area contributed by atoms with Crippen LogP contribution in [-0.4, -0.2) is 5.71 Å². The highest BCUT2D eigenvalue weighted by Gasteiger charge is 2.29. The van der Waals surface area contributed by atoms with Crippen LogP contribution in [0.1, 0.15) is 70.9 Å². The lowest BCUT2D eigenvalue weighted by atomic mass is 9.82. The number of allylic oxidation sites excluding steroid dienone is 4. The zero-order chi connectivity index (χ0) is 18.1. The quantitative estimate of drug-likeness (QED) is 0.562. The lowest BCUT2D eigenvalue weighted by Gasteiger charge is -2.22. The number of benzene rings is 2. The van der Waals surface area contributed by atoms with Crippen molar-refractivity contribution in [1.29, 1.82) is 5.41 Å². The third-order valence-electron chi connectivity index (χ3n) is 5.97. The van der Waals surface area contributed by atoms with Gasteiger partial charge >= 0.3 is 0 Å². The van der Waals surface area contributed by atoms with Crippen LogP contribution in [0, 0.1) is 5.41 Å². The fraction of sp³-hybridized carbons (Fsp3) is 0.375. The fourth-order valence-electron chi connectivity index (χ4n) is 4.16. The summed E-state index contributed by atoms with van der Waals surface area (Å²) in [5.74, 6) is 0.321. The summed E-state index contributed by atoms with van der Waals surface area (Å²) in [6.45, 7) is 11.2. The van der Waals surface area contributed by atoms with Crippen LogP contribution < -0.4 is 0 Å². The lowest BCUT2D eigenvalue weighted by Crippen LogP contribution is -2.10. The zero-order valence-corrected chi connectivity index (χ0v) is 16.2. The molecule has 0 atom stereocenters. The van der Waals surface area contributed by atoms with Crippen molar-refractivity contribution < 1.29 is 0 Å². The fourth-order valence-corrected chi connectivity index (χ4v) is 4.16. The van der Waals surface area contributed by atoms with Crippen molar-refractivity contribution in [3.8, 4) is 0 Å². The van der Waals surface area contributed by atoms with E-state index in [2.05, 4.69) is 71.0 Å². The smallest absolute Gasteiger partial charge is 0.0395 e. The molecule has 1 aliphatic rings. The Bertz CT molecular complexity index is 871. The van der Waals surface area contributed by atoms with Crippen LogP contribution in [0.3, 0.4) is 0 Å². The molecule has 1 aliphatic carbocycles. The predicted molar refractivity (Wildman–Crippen MR) is 110 cm³/mol. The van der Waals surface area contributed by atoms with Gasteiger partial charge in [0.25, 0.3) is 0 Å². The zero-order valence-electron chi connectivity index (χ0n) is 16.2. The minimum atomic E-state index is 0.321. The van der Waals surface area contributed by atoms with E-state index in [4.69, 9.17) is 5.41 Å². The highest BCUT2D eigenvalue weighted by atomic mass is 14.4. The van der Waals surface area contributed by atoms with E-state index in [-0.39, 0.29) is 0 Å². The molecule has 0 radical (unpaired) electrons. The SMILES string of the molecule is CCCCC(=N)c1c(C2C(C)=C(C)C(C)=C2C)ccc2ccccc12. The molecule has 0 saturated carbocycles. The van der Waals surface area contributed by atoms with E-state index >= 15 is 0 Å². The molecule has 0 saturated heterocycles. The molecule has 2 aromatic rings. The van der Waals surface area contributed by atoms with Crippen molar-refractivity contribution in [2.24, 2.45) is 0 Å². The second-order valence-electron chi connectivity index (χ2n) is 7.38. The molecule has 25 heavy (non-hydrogen) atoms. The summed E-state index contributed by atoms with van der Waals surface area (Å²) in [6, 6.07) is 13.0. The highest BCUT2D eigenvalue weighted by Crippen LogP contribution is 2.45. The molecule has 0 bridgehead atoms. The Morgan fingerprint density at radius 2 is 1.56 bits per heavy atom. The van der Waals surface area contributed by atoms with Gasteiger partial charge in [-0.25, -0.2) is 0 Å². The topological polar surface area (TPSA) is 23.9 Å². The number of nitrogens with one attached hydrogen (secondary N) is 1. The average molecular weight is 332 g/mol. The summed E-state index contributed by atoms with van der Waals surface area (Å²) in [5, 5.41) is 11.3. The minimum Gasteiger partial charge on any atom is -0.305 e. The normalized spacial score (nSPS) is 15.6. The molecule has 1 heteroatoms.